The number of aliphatic carboxylic acids is 1. The Balaban J connectivity index is 1.36. The molecule has 4 N–H and O–H groups in total. The summed E-state index contributed by atoms with van der Waals surface area (Å²) in [7, 11) is -2.51. The lowest BCUT2D eigenvalue weighted by atomic mass is 10.0. The highest BCUT2D eigenvalue weighted by atomic mass is 32.2. The summed E-state index contributed by atoms with van der Waals surface area (Å²) in [5, 5.41) is 32.6. The van der Waals surface area contributed by atoms with Crippen molar-refractivity contribution in [3.63, 3.8) is 0 Å². The van der Waals surface area contributed by atoms with E-state index in [1.165, 1.54) is 30.4 Å². The number of sulfonamides is 1. The number of nitrogens with one attached hydrogen (secondary N) is 2. The van der Waals surface area contributed by atoms with E-state index in [2.05, 4.69) is 30.3 Å². The Morgan fingerprint density at radius 1 is 1.23 bits per heavy atom. The second-order valence-electron chi connectivity index (χ2n) is 9.94. The van der Waals surface area contributed by atoms with Crippen LogP contribution in [0.4, 0.5) is 9.59 Å². The van der Waals surface area contributed by atoms with Gasteiger partial charge in [0.1, 0.15) is 16.8 Å². The van der Waals surface area contributed by atoms with Crippen LogP contribution in [0.1, 0.15) is 11.7 Å². The van der Waals surface area contributed by atoms with Gasteiger partial charge in [-0.2, -0.15) is 4.98 Å². The minimum absolute atomic E-state index is 0.00735. The number of carboxylic acids is 1. The molecule has 3 atom stereocenters. The smallest absolute Gasteiger partial charge is 0.352 e. The third-order valence-electron chi connectivity index (χ3n) is 7.05. The monoisotopic (exact) mass is 748 g/mol. The molecule has 47 heavy (non-hydrogen) atoms. The van der Waals surface area contributed by atoms with Gasteiger partial charge >= 0.3 is 23.6 Å². The number of rotatable bonds is 10. The number of nitrogens with zero attached hydrogens (tertiary/aromatic N) is 8. The van der Waals surface area contributed by atoms with E-state index in [9.17, 15) is 47.4 Å². The number of hydrogen-bond donors (Lipinski definition) is 4. The fourth-order valence-electron chi connectivity index (χ4n) is 4.81. The van der Waals surface area contributed by atoms with Gasteiger partial charge in [-0.1, -0.05) is 16.3 Å². The standard InChI is InChI=1S/C22H24N10O10S5/c1-29-20(24-14(34)15(35)27-29)45-7-9-6-44-18-22(43-2,17(38)32(18)12(9)16(36)37)25-13(33)11(10-8-46-28-26-10)23-19(39)30-4-5-31(21(30)40)47(3,41)42/h8,11,18H,4-7H2,1-3H3,(H,23,39)(H,25,33)(H,27,35)(H,36,37)/t11?,18-,22+/m1/s1. The van der Waals surface area contributed by atoms with E-state index in [0.717, 1.165) is 50.9 Å². The van der Waals surface area contributed by atoms with E-state index in [0.29, 0.717) is 14.8 Å². The van der Waals surface area contributed by atoms with Crippen molar-refractivity contribution in [3.05, 3.63) is 32.7 Å². The molecule has 2 aromatic rings. The van der Waals surface area contributed by atoms with E-state index in [-0.39, 0.29) is 41.1 Å². The maximum atomic E-state index is 13.7. The van der Waals surface area contributed by atoms with Crippen molar-refractivity contribution >= 4 is 86.7 Å². The van der Waals surface area contributed by atoms with Crippen molar-refractivity contribution in [2.75, 3.05) is 37.1 Å². The minimum Gasteiger partial charge on any atom is -0.488 e. The zero-order chi connectivity index (χ0) is 34.4. The summed E-state index contributed by atoms with van der Waals surface area (Å²) in [6.45, 7) is -0.553. The van der Waals surface area contributed by atoms with Gasteiger partial charge < -0.3 is 20.8 Å². The average molecular weight is 749 g/mol. The summed E-state index contributed by atoms with van der Waals surface area (Å²) in [6.07, 6.45) is 2.35. The highest BCUT2D eigenvalue weighted by molar-refractivity contribution is 8.05. The lowest BCUT2D eigenvalue weighted by Gasteiger charge is -2.56. The number of imide groups is 1. The van der Waals surface area contributed by atoms with E-state index >= 15 is 0 Å². The van der Waals surface area contributed by atoms with Gasteiger partial charge in [-0.25, -0.2) is 36.7 Å². The van der Waals surface area contributed by atoms with Gasteiger partial charge in [0.15, 0.2) is 16.1 Å². The number of fused-ring (bicyclic) bond motifs is 1. The summed E-state index contributed by atoms with van der Waals surface area (Å²) in [6, 6.07) is -3.76. The first-order chi connectivity index (χ1) is 22.1. The van der Waals surface area contributed by atoms with Crippen molar-refractivity contribution in [2.24, 2.45) is 7.05 Å². The molecule has 0 bridgehead atoms. The second-order valence-corrected chi connectivity index (χ2v) is 15.5. The predicted molar refractivity (Wildman–Crippen MR) is 167 cm³/mol. The number of thioether (sulfide) groups is 3. The second kappa shape index (κ2) is 12.9. The van der Waals surface area contributed by atoms with Gasteiger partial charge in [0.2, 0.25) is 10.0 Å². The molecule has 25 heteroatoms. The van der Waals surface area contributed by atoms with E-state index < -0.39 is 67.6 Å². The number of amides is 6. The Bertz CT molecular complexity index is 1870. The number of aromatic nitrogens is 5. The van der Waals surface area contributed by atoms with Gasteiger partial charge in [0.25, 0.3) is 17.7 Å². The Labute approximate surface area is 281 Å². The predicted octanol–water partition coefficient (Wildman–Crippen LogP) is -1.60. The van der Waals surface area contributed by atoms with Crippen LogP contribution in [0.25, 0.3) is 0 Å². The van der Waals surface area contributed by atoms with Crippen LogP contribution in [0.5, 0.6) is 5.88 Å². The van der Waals surface area contributed by atoms with Crippen LogP contribution in [0, 0.1) is 0 Å². The molecule has 0 saturated carbocycles. The highest BCUT2D eigenvalue weighted by Gasteiger charge is 2.65. The summed E-state index contributed by atoms with van der Waals surface area (Å²) in [5.41, 5.74) is -0.961. The Morgan fingerprint density at radius 3 is 2.55 bits per heavy atom. The van der Waals surface area contributed by atoms with Gasteiger partial charge in [0, 0.05) is 23.9 Å². The number of carboxylic acid groups (broad SMARTS) is 1. The molecule has 2 saturated heterocycles. The molecule has 3 aliphatic heterocycles. The third kappa shape index (κ3) is 6.23. The maximum absolute atomic E-state index is 13.7. The summed E-state index contributed by atoms with van der Waals surface area (Å²) >= 11 is 3.96. The van der Waals surface area contributed by atoms with Gasteiger partial charge in [-0.15, -0.1) is 33.7 Å². The zero-order valence-electron chi connectivity index (χ0n) is 24.3. The number of carbonyl (C=O) groups excluding carboxylic acids is 4. The Morgan fingerprint density at radius 2 is 1.96 bits per heavy atom. The van der Waals surface area contributed by atoms with Crippen LogP contribution in [-0.4, -0.2) is 134 Å². The summed E-state index contributed by atoms with van der Waals surface area (Å²) in [5.74, 6) is -3.75. The molecular weight excluding hydrogens is 725 g/mol. The molecule has 252 valence electrons. The van der Waals surface area contributed by atoms with Crippen LogP contribution < -0.4 is 16.2 Å². The molecule has 0 spiro atoms. The first-order valence-corrected chi connectivity index (χ1v) is 19.0. The largest absolute Gasteiger partial charge is 0.488 e. The van der Waals surface area contributed by atoms with E-state index in [1.54, 1.807) is 0 Å². The number of β-lactam (4-membered cyclic amide) rings is 1. The highest BCUT2D eigenvalue weighted by Crippen LogP contribution is 2.51. The van der Waals surface area contributed by atoms with Crippen LogP contribution in [0.2, 0.25) is 0 Å². The fourth-order valence-corrected chi connectivity index (χ4v) is 9.75. The van der Waals surface area contributed by atoms with Crippen molar-refractivity contribution in [1.29, 1.82) is 0 Å². The van der Waals surface area contributed by atoms with E-state index in [4.69, 9.17) is 0 Å². The van der Waals surface area contributed by atoms with E-state index in [1.807, 2.05) is 0 Å². The fraction of sp³-hybridized carbons (Fsp3) is 0.455. The molecule has 0 aromatic carbocycles. The normalized spacial score (nSPS) is 21.8. The van der Waals surface area contributed by atoms with Gasteiger partial charge in [-0.3, -0.25) is 19.3 Å². The summed E-state index contributed by atoms with van der Waals surface area (Å²) in [4.78, 5) is 81.0. The number of aromatic hydroxyl groups is 1. The van der Waals surface area contributed by atoms with Crippen molar-refractivity contribution < 1.29 is 42.6 Å². The maximum Gasteiger partial charge on any atom is 0.352 e. The average Bonchev–Trinajstić information content (AvgIpc) is 3.69. The molecule has 0 radical (unpaired) electrons. The third-order valence-corrected chi connectivity index (χ3v) is 12.5. The van der Waals surface area contributed by atoms with Crippen LogP contribution in [0.15, 0.2) is 26.6 Å². The molecule has 2 aromatic heterocycles. The molecule has 5 rings (SSSR count). The van der Waals surface area contributed by atoms with Crippen LogP contribution in [-0.2, 0) is 31.5 Å². The molecule has 20 nitrogen and oxygen atoms in total. The molecular formula is C22H24N10O10S5. The van der Waals surface area contributed by atoms with Crippen molar-refractivity contribution in [3.8, 4) is 5.88 Å². The van der Waals surface area contributed by atoms with Crippen LogP contribution in [0.3, 0.4) is 0 Å². The lowest BCUT2D eigenvalue weighted by Crippen LogP contribution is -2.78. The SMILES string of the molecule is CS[C@@]1(NC(=O)C(NC(=O)N2CCN(S(C)(=O)=O)C2=O)c2csnn2)C(=O)N2C(C(=O)O)=C(CSc3nc(=O)c(O)nn3C)CS[C@@H]21. The number of hydrogen-bond acceptors (Lipinski definition) is 17. The molecule has 1 unspecified atom stereocenters. The summed E-state index contributed by atoms with van der Waals surface area (Å²) < 4.78 is 29.1. The number of urea groups is 2. The first kappa shape index (κ1) is 34.4. The molecule has 6 amide bonds. The molecule has 3 aliphatic rings. The van der Waals surface area contributed by atoms with Crippen molar-refractivity contribution in [1.82, 2.24) is 49.1 Å². The molecule has 0 aliphatic carbocycles. The van der Waals surface area contributed by atoms with Gasteiger partial charge in [0.05, 0.1) is 19.3 Å². The Hall–Kier alpha value is -3.94. The minimum atomic E-state index is -3.95. The van der Waals surface area contributed by atoms with Crippen LogP contribution >= 0.6 is 46.8 Å². The quantitative estimate of drug-likeness (QED) is 0.121. The lowest BCUT2D eigenvalue weighted by molar-refractivity contribution is -0.153. The number of aryl methyl sites for hydroxylation is 1. The Kier molecular flexibility index (Phi) is 9.46. The molecule has 2 fully saturated rings. The topological polar surface area (TPSA) is 267 Å². The molecule has 5 heterocycles. The first-order valence-electron chi connectivity index (χ1n) is 13.0. The van der Waals surface area contributed by atoms with Crippen molar-refractivity contribution in [2.45, 2.75) is 21.4 Å². The number of carbonyl (C=O) groups is 5. The zero-order valence-corrected chi connectivity index (χ0v) is 28.4. The van der Waals surface area contributed by atoms with Gasteiger partial charge in [-0.05, 0) is 23.4 Å².